The van der Waals surface area contributed by atoms with Crippen molar-refractivity contribution in [2.24, 2.45) is 0 Å². The van der Waals surface area contributed by atoms with E-state index < -0.39 is 0 Å². The molecule has 1 unspecified atom stereocenters. The van der Waals surface area contributed by atoms with Gasteiger partial charge in [0.05, 0.1) is 6.61 Å². The summed E-state index contributed by atoms with van der Waals surface area (Å²) in [6.45, 7) is 2.80. The molecule has 0 bridgehead atoms. The highest BCUT2D eigenvalue weighted by Gasteiger charge is 2.15. The maximum atomic E-state index is 12.4. The van der Waals surface area contributed by atoms with Gasteiger partial charge in [-0.25, -0.2) is 0 Å². The number of para-hydroxylation sites is 1. The molecule has 0 aliphatic carbocycles. The van der Waals surface area contributed by atoms with Crippen molar-refractivity contribution in [2.45, 2.75) is 25.8 Å². The molecule has 0 saturated carbocycles. The van der Waals surface area contributed by atoms with Gasteiger partial charge < -0.3 is 15.0 Å². The molecule has 0 saturated heterocycles. The third kappa shape index (κ3) is 2.87. The highest BCUT2D eigenvalue weighted by Crippen LogP contribution is 2.26. The Bertz CT molecular complexity index is 865. The SMILES string of the molecule is CC(Cc1ccc2c(c1)CCO2)NC(=O)c1cc2ccccc2[nH]1. The van der Waals surface area contributed by atoms with Crippen LogP contribution in [-0.2, 0) is 12.8 Å². The van der Waals surface area contributed by atoms with Crippen LogP contribution in [0, 0.1) is 0 Å². The van der Waals surface area contributed by atoms with Crippen molar-refractivity contribution in [3.63, 3.8) is 0 Å². The van der Waals surface area contributed by atoms with E-state index in [9.17, 15) is 4.79 Å². The summed E-state index contributed by atoms with van der Waals surface area (Å²) < 4.78 is 5.54. The maximum Gasteiger partial charge on any atom is 0.267 e. The average molecular weight is 320 g/mol. The van der Waals surface area contributed by atoms with Crippen molar-refractivity contribution in [1.82, 2.24) is 10.3 Å². The molecule has 24 heavy (non-hydrogen) atoms. The predicted octanol–water partition coefficient (Wildman–Crippen LogP) is 3.46. The lowest BCUT2D eigenvalue weighted by molar-refractivity contribution is 0.0936. The summed E-state index contributed by atoms with van der Waals surface area (Å²) in [5.74, 6) is 0.928. The molecule has 3 aromatic rings. The van der Waals surface area contributed by atoms with Gasteiger partial charge >= 0.3 is 0 Å². The Balaban J connectivity index is 1.43. The van der Waals surface area contributed by atoms with E-state index >= 15 is 0 Å². The van der Waals surface area contributed by atoms with Crippen LogP contribution in [0.3, 0.4) is 0 Å². The number of amides is 1. The average Bonchev–Trinajstić information content (AvgIpc) is 3.20. The van der Waals surface area contributed by atoms with E-state index in [0.717, 1.165) is 36.1 Å². The molecule has 2 aromatic carbocycles. The van der Waals surface area contributed by atoms with Crippen molar-refractivity contribution in [3.8, 4) is 5.75 Å². The zero-order chi connectivity index (χ0) is 16.5. The molecule has 1 aliphatic heterocycles. The first-order valence-electron chi connectivity index (χ1n) is 8.32. The number of rotatable bonds is 4. The summed E-state index contributed by atoms with van der Waals surface area (Å²) in [6, 6.07) is 16.2. The van der Waals surface area contributed by atoms with E-state index in [1.165, 1.54) is 11.1 Å². The lowest BCUT2D eigenvalue weighted by Crippen LogP contribution is -2.34. The number of carbonyl (C=O) groups excluding carboxylic acids is 1. The Labute approximate surface area is 140 Å². The third-order valence-electron chi connectivity index (χ3n) is 4.45. The molecule has 0 fully saturated rings. The van der Waals surface area contributed by atoms with Crippen molar-refractivity contribution in [2.75, 3.05) is 6.61 Å². The zero-order valence-corrected chi connectivity index (χ0v) is 13.6. The molecule has 1 atom stereocenters. The van der Waals surface area contributed by atoms with Crippen molar-refractivity contribution in [1.29, 1.82) is 0 Å². The van der Waals surface area contributed by atoms with Crippen LogP contribution in [-0.4, -0.2) is 23.5 Å². The van der Waals surface area contributed by atoms with E-state index in [0.29, 0.717) is 5.69 Å². The van der Waals surface area contributed by atoms with Crippen molar-refractivity contribution < 1.29 is 9.53 Å². The van der Waals surface area contributed by atoms with Gasteiger partial charge in [-0.3, -0.25) is 4.79 Å². The molecule has 1 aliphatic rings. The van der Waals surface area contributed by atoms with Crippen LogP contribution in [0.1, 0.15) is 28.5 Å². The van der Waals surface area contributed by atoms with E-state index in [4.69, 9.17) is 4.74 Å². The molecule has 2 heterocycles. The highest BCUT2D eigenvalue weighted by atomic mass is 16.5. The molecule has 0 spiro atoms. The standard InChI is InChI=1S/C20H20N2O2/c1-13(10-14-6-7-19-16(11-14)8-9-24-19)21-20(23)18-12-15-4-2-3-5-17(15)22-18/h2-7,11-13,22H,8-10H2,1H3,(H,21,23). The minimum atomic E-state index is -0.0665. The number of aromatic nitrogens is 1. The van der Waals surface area contributed by atoms with Crippen LogP contribution in [0.2, 0.25) is 0 Å². The second-order valence-electron chi connectivity index (χ2n) is 6.39. The summed E-state index contributed by atoms with van der Waals surface area (Å²) >= 11 is 0. The van der Waals surface area contributed by atoms with Crippen LogP contribution in [0.4, 0.5) is 0 Å². The number of hydrogen-bond donors (Lipinski definition) is 2. The predicted molar refractivity (Wildman–Crippen MR) is 94.6 cm³/mol. The molecule has 0 radical (unpaired) electrons. The van der Waals surface area contributed by atoms with Crippen LogP contribution < -0.4 is 10.1 Å². The smallest absolute Gasteiger partial charge is 0.267 e. The number of benzene rings is 2. The first-order valence-corrected chi connectivity index (χ1v) is 8.32. The molecule has 2 N–H and O–H groups in total. The topological polar surface area (TPSA) is 54.1 Å². The number of aromatic amines is 1. The molecule has 122 valence electrons. The first kappa shape index (κ1) is 14.8. The Morgan fingerprint density at radius 2 is 2.12 bits per heavy atom. The van der Waals surface area contributed by atoms with Gasteiger partial charge in [-0.05, 0) is 42.7 Å². The summed E-state index contributed by atoms with van der Waals surface area (Å²) in [4.78, 5) is 15.6. The van der Waals surface area contributed by atoms with Gasteiger partial charge in [0, 0.05) is 23.4 Å². The fourth-order valence-corrected chi connectivity index (χ4v) is 3.27. The molecule has 1 aromatic heterocycles. The largest absolute Gasteiger partial charge is 0.493 e. The number of fused-ring (bicyclic) bond motifs is 2. The first-order chi connectivity index (χ1) is 11.7. The number of H-pyrrole nitrogens is 1. The Kier molecular flexibility index (Phi) is 3.73. The number of hydrogen-bond acceptors (Lipinski definition) is 2. The maximum absolute atomic E-state index is 12.4. The Morgan fingerprint density at radius 3 is 3.00 bits per heavy atom. The van der Waals surface area contributed by atoms with Crippen LogP contribution in [0.15, 0.2) is 48.5 Å². The lowest BCUT2D eigenvalue weighted by Gasteiger charge is -2.14. The van der Waals surface area contributed by atoms with Gasteiger partial charge in [0.25, 0.3) is 5.91 Å². The van der Waals surface area contributed by atoms with Crippen LogP contribution in [0.5, 0.6) is 5.75 Å². The molecular weight excluding hydrogens is 300 g/mol. The fourth-order valence-electron chi connectivity index (χ4n) is 3.27. The minimum absolute atomic E-state index is 0.0595. The summed E-state index contributed by atoms with van der Waals surface area (Å²) in [6.07, 6.45) is 1.78. The van der Waals surface area contributed by atoms with Gasteiger partial charge in [0.2, 0.25) is 0 Å². The molecule has 4 nitrogen and oxygen atoms in total. The molecular formula is C20H20N2O2. The second kappa shape index (κ2) is 6.04. The minimum Gasteiger partial charge on any atom is -0.493 e. The zero-order valence-electron chi connectivity index (χ0n) is 13.6. The number of carbonyl (C=O) groups is 1. The monoisotopic (exact) mass is 320 g/mol. The quantitative estimate of drug-likeness (QED) is 0.773. The Hall–Kier alpha value is -2.75. The van der Waals surface area contributed by atoms with Crippen molar-refractivity contribution in [3.05, 3.63) is 65.4 Å². The normalized spacial score (nSPS) is 14.2. The van der Waals surface area contributed by atoms with Gasteiger partial charge in [0.15, 0.2) is 0 Å². The van der Waals surface area contributed by atoms with Gasteiger partial charge in [-0.2, -0.15) is 0 Å². The van der Waals surface area contributed by atoms with Gasteiger partial charge in [-0.1, -0.05) is 30.3 Å². The number of ether oxygens (including phenoxy) is 1. The fraction of sp³-hybridized carbons (Fsp3) is 0.250. The van der Waals surface area contributed by atoms with E-state index in [1.54, 1.807) is 0 Å². The second-order valence-corrected chi connectivity index (χ2v) is 6.39. The van der Waals surface area contributed by atoms with Crippen LogP contribution in [0.25, 0.3) is 10.9 Å². The summed E-state index contributed by atoms with van der Waals surface area (Å²) in [7, 11) is 0. The molecule has 4 rings (SSSR count). The van der Waals surface area contributed by atoms with Gasteiger partial charge in [0.1, 0.15) is 11.4 Å². The summed E-state index contributed by atoms with van der Waals surface area (Å²) in [5.41, 5.74) is 4.07. The molecule has 4 heteroatoms. The lowest BCUT2D eigenvalue weighted by atomic mass is 10.0. The van der Waals surface area contributed by atoms with E-state index in [-0.39, 0.29) is 11.9 Å². The third-order valence-corrected chi connectivity index (χ3v) is 4.45. The molecule has 1 amide bonds. The van der Waals surface area contributed by atoms with E-state index in [2.05, 4.69) is 22.4 Å². The number of nitrogens with one attached hydrogen (secondary N) is 2. The van der Waals surface area contributed by atoms with Crippen LogP contribution >= 0.6 is 0 Å². The Morgan fingerprint density at radius 1 is 1.25 bits per heavy atom. The highest BCUT2D eigenvalue weighted by molar-refractivity contribution is 5.98. The summed E-state index contributed by atoms with van der Waals surface area (Å²) in [5, 5.41) is 4.12. The van der Waals surface area contributed by atoms with Gasteiger partial charge in [-0.15, -0.1) is 0 Å². The van der Waals surface area contributed by atoms with Crippen molar-refractivity contribution >= 4 is 16.8 Å². The van der Waals surface area contributed by atoms with E-state index in [1.807, 2.05) is 43.3 Å².